The van der Waals surface area contributed by atoms with Crippen LogP contribution in [0.4, 0.5) is 18.0 Å². The molecule has 1 heterocycles. The largest absolute Gasteiger partial charge is 0.444 e. The number of hydrogen-bond acceptors (Lipinski definition) is 4. The van der Waals surface area contributed by atoms with E-state index in [1.165, 1.54) is 4.90 Å². The Labute approximate surface area is 148 Å². The summed E-state index contributed by atoms with van der Waals surface area (Å²) in [6, 6.07) is 0. The van der Waals surface area contributed by atoms with Crippen molar-refractivity contribution in [2.75, 3.05) is 13.1 Å². The number of nitrogens with one attached hydrogen (secondary N) is 2. The number of rotatable bonds is 2. The average molecular weight is 377 g/mol. The molecule has 0 bridgehead atoms. The highest BCUT2D eigenvalue weighted by molar-refractivity contribution is 5.92. The van der Waals surface area contributed by atoms with E-state index < -0.39 is 40.5 Å². The molecular formula is C16H22F3N3O4. The molecule has 7 nitrogen and oxygen atoms in total. The molecule has 3 aliphatic rings. The Balaban J connectivity index is 1.54. The van der Waals surface area contributed by atoms with Gasteiger partial charge in [-0.2, -0.15) is 13.2 Å². The summed E-state index contributed by atoms with van der Waals surface area (Å²) < 4.78 is 44.0. The minimum atomic E-state index is -4.64. The quantitative estimate of drug-likeness (QED) is 0.718. The molecule has 1 aliphatic heterocycles. The molecule has 26 heavy (non-hydrogen) atoms. The zero-order valence-electron chi connectivity index (χ0n) is 14.8. The van der Waals surface area contributed by atoms with Crippen LogP contribution in [0.5, 0.6) is 0 Å². The first-order chi connectivity index (χ1) is 11.8. The molecule has 2 aliphatic carbocycles. The van der Waals surface area contributed by atoms with Crippen molar-refractivity contribution in [2.24, 2.45) is 16.7 Å². The minimum Gasteiger partial charge on any atom is -0.444 e. The molecule has 10 heteroatoms. The number of hydrogen-bond donors (Lipinski definition) is 2. The number of hydrazine groups is 1. The van der Waals surface area contributed by atoms with Gasteiger partial charge in [-0.1, -0.05) is 0 Å². The third kappa shape index (κ3) is 3.09. The van der Waals surface area contributed by atoms with Crippen LogP contribution in [0, 0.1) is 16.7 Å². The number of nitrogens with zero attached hydrogens (tertiary/aromatic N) is 1. The van der Waals surface area contributed by atoms with Gasteiger partial charge in [0.15, 0.2) is 0 Å². The van der Waals surface area contributed by atoms with Crippen LogP contribution in [0.1, 0.15) is 40.0 Å². The lowest BCUT2D eigenvalue weighted by Crippen LogP contribution is -2.52. The van der Waals surface area contributed by atoms with E-state index in [0.717, 1.165) is 0 Å². The highest BCUT2D eigenvalue weighted by atomic mass is 19.4. The third-order valence-corrected chi connectivity index (χ3v) is 5.27. The molecule has 0 aromatic carbocycles. The SMILES string of the molecule is CC(C)(C)OC(=O)N1CC2CC2(C(=O)NNC(=O)C2(C(F)(F)F)CC2)C1. The van der Waals surface area contributed by atoms with Gasteiger partial charge < -0.3 is 9.64 Å². The Morgan fingerprint density at radius 3 is 2.15 bits per heavy atom. The maximum atomic E-state index is 12.9. The third-order valence-electron chi connectivity index (χ3n) is 5.27. The maximum absolute atomic E-state index is 12.9. The standard InChI is InChI=1S/C16H22F3N3O4/c1-13(2,3)26-12(25)22-7-9-6-14(9,8-22)10(23)20-21-11(24)15(4-5-15)16(17,18)19/h9H,4-8H2,1-3H3,(H,20,23)(H,21,24). The van der Waals surface area contributed by atoms with Gasteiger partial charge in [-0.25, -0.2) is 4.79 Å². The summed E-state index contributed by atoms with van der Waals surface area (Å²) in [6.07, 6.45) is -5.20. The van der Waals surface area contributed by atoms with Crippen LogP contribution in [0.25, 0.3) is 0 Å². The monoisotopic (exact) mass is 377 g/mol. The molecule has 3 amide bonds. The molecule has 0 aromatic rings. The number of carbonyl (C=O) groups excluding carboxylic acids is 3. The summed E-state index contributed by atoms with van der Waals surface area (Å²) in [7, 11) is 0. The first-order valence-corrected chi connectivity index (χ1v) is 8.46. The second-order valence-corrected chi connectivity index (χ2v) is 8.41. The van der Waals surface area contributed by atoms with Gasteiger partial charge in [-0.05, 0) is 46.0 Å². The molecule has 3 fully saturated rings. The number of amides is 3. The predicted molar refractivity (Wildman–Crippen MR) is 82.4 cm³/mol. The van der Waals surface area contributed by atoms with Crippen molar-refractivity contribution in [1.29, 1.82) is 0 Å². The van der Waals surface area contributed by atoms with Crippen molar-refractivity contribution in [3.63, 3.8) is 0 Å². The normalized spacial score (nSPS) is 28.8. The zero-order valence-corrected chi connectivity index (χ0v) is 14.8. The van der Waals surface area contributed by atoms with Crippen molar-refractivity contribution < 1.29 is 32.3 Å². The maximum Gasteiger partial charge on any atom is 0.410 e. The molecule has 0 spiro atoms. The van der Waals surface area contributed by atoms with Gasteiger partial charge in [0.2, 0.25) is 5.91 Å². The molecule has 146 valence electrons. The van der Waals surface area contributed by atoms with Crippen LogP contribution < -0.4 is 10.9 Å². The van der Waals surface area contributed by atoms with E-state index in [2.05, 4.69) is 5.43 Å². The summed E-state index contributed by atoms with van der Waals surface area (Å²) in [5.74, 6) is -1.89. The number of fused-ring (bicyclic) bond motifs is 1. The van der Waals surface area contributed by atoms with E-state index >= 15 is 0 Å². The fourth-order valence-corrected chi connectivity index (χ4v) is 3.42. The number of ether oxygens (including phenoxy) is 1. The van der Waals surface area contributed by atoms with Gasteiger partial charge in [-0.3, -0.25) is 20.4 Å². The molecule has 2 atom stereocenters. The lowest BCUT2D eigenvalue weighted by Gasteiger charge is -2.26. The number of piperidine rings is 1. The topological polar surface area (TPSA) is 87.7 Å². The van der Waals surface area contributed by atoms with Crippen LogP contribution in [0.3, 0.4) is 0 Å². The Morgan fingerprint density at radius 1 is 1.08 bits per heavy atom. The van der Waals surface area contributed by atoms with Crippen molar-refractivity contribution in [1.82, 2.24) is 15.8 Å². The van der Waals surface area contributed by atoms with Gasteiger partial charge in [-0.15, -0.1) is 0 Å². The fourth-order valence-electron chi connectivity index (χ4n) is 3.42. The van der Waals surface area contributed by atoms with Crippen LogP contribution >= 0.6 is 0 Å². The van der Waals surface area contributed by atoms with Crippen LogP contribution in [0.2, 0.25) is 0 Å². The van der Waals surface area contributed by atoms with Gasteiger partial charge in [0.25, 0.3) is 5.91 Å². The molecule has 1 saturated heterocycles. The lowest BCUT2D eigenvalue weighted by molar-refractivity contribution is -0.193. The Hall–Kier alpha value is -2.00. The molecule has 0 radical (unpaired) electrons. The Bertz CT molecular complexity index is 654. The van der Waals surface area contributed by atoms with Crippen LogP contribution in [-0.2, 0) is 14.3 Å². The molecule has 2 saturated carbocycles. The average Bonchev–Trinajstić information content (AvgIpc) is 3.39. The summed E-state index contributed by atoms with van der Waals surface area (Å²) >= 11 is 0. The van der Waals surface area contributed by atoms with E-state index in [1.54, 1.807) is 20.8 Å². The summed E-state index contributed by atoms with van der Waals surface area (Å²) in [6.45, 7) is 5.66. The van der Waals surface area contributed by atoms with Crippen molar-refractivity contribution >= 4 is 17.9 Å². The minimum absolute atomic E-state index is 0.0792. The van der Waals surface area contributed by atoms with Crippen molar-refractivity contribution in [2.45, 2.75) is 51.8 Å². The lowest BCUT2D eigenvalue weighted by atomic mass is 10.1. The van der Waals surface area contributed by atoms with Gasteiger partial charge in [0, 0.05) is 13.1 Å². The van der Waals surface area contributed by atoms with Crippen LogP contribution in [0.15, 0.2) is 0 Å². The zero-order chi connectivity index (χ0) is 19.5. The summed E-state index contributed by atoms with van der Waals surface area (Å²) in [5.41, 5.74) is 0.110. The van der Waals surface area contributed by atoms with Crippen molar-refractivity contribution in [3.05, 3.63) is 0 Å². The predicted octanol–water partition coefficient (Wildman–Crippen LogP) is 1.73. The highest BCUT2D eigenvalue weighted by Crippen LogP contribution is 2.59. The summed E-state index contributed by atoms with van der Waals surface area (Å²) in [5, 5.41) is 0. The molecule has 0 aromatic heterocycles. The summed E-state index contributed by atoms with van der Waals surface area (Å²) in [4.78, 5) is 37.7. The highest BCUT2D eigenvalue weighted by Gasteiger charge is 2.69. The first kappa shape index (κ1) is 18.8. The first-order valence-electron chi connectivity index (χ1n) is 8.46. The van der Waals surface area contributed by atoms with Crippen molar-refractivity contribution in [3.8, 4) is 0 Å². The number of halogens is 3. The van der Waals surface area contributed by atoms with Gasteiger partial charge in [0.05, 0.1) is 5.41 Å². The van der Waals surface area contributed by atoms with E-state index in [4.69, 9.17) is 4.74 Å². The van der Waals surface area contributed by atoms with E-state index in [9.17, 15) is 27.6 Å². The smallest absolute Gasteiger partial charge is 0.410 e. The fraction of sp³-hybridized carbons (Fsp3) is 0.812. The van der Waals surface area contributed by atoms with Gasteiger partial charge >= 0.3 is 12.3 Å². The Morgan fingerprint density at radius 2 is 1.65 bits per heavy atom. The van der Waals surface area contributed by atoms with E-state index in [-0.39, 0.29) is 25.3 Å². The van der Waals surface area contributed by atoms with Gasteiger partial charge in [0.1, 0.15) is 11.0 Å². The van der Waals surface area contributed by atoms with E-state index in [0.29, 0.717) is 13.0 Å². The second-order valence-electron chi connectivity index (χ2n) is 8.41. The number of alkyl halides is 3. The van der Waals surface area contributed by atoms with Crippen LogP contribution in [-0.4, -0.2) is 47.7 Å². The number of carbonyl (C=O) groups is 3. The van der Waals surface area contributed by atoms with E-state index in [1.807, 2.05) is 5.43 Å². The molecule has 2 N–H and O–H groups in total. The molecule has 3 rings (SSSR count). The Kier molecular flexibility index (Phi) is 3.97. The molecular weight excluding hydrogens is 355 g/mol. The molecule has 2 unspecified atom stereocenters. The second kappa shape index (κ2) is 5.50. The number of likely N-dealkylation sites (tertiary alicyclic amines) is 1.